The third-order valence-electron chi connectivity index (χ3n) is 2.93. The quantitative estimate of drug-likeness (QED) is 0.824. The maximum atomic E-state index is 9.58. The second-order valence-corrected chi connectivity index (χ2v) is 5.72. The van der Waals surface area contributed by atoms with E-state index in [9.17, 15) is 5.11 Å². The second kappa shape index (κ2) is 3.26. The average molecular weight is 217 g/mol. The molecule has 1 unspecified atom stereocenters. The van der Waals surface area contributed by atoms with Crippen LogP contribution in [0.4, 0.5) is 0 Å². The average Bonchev–Trinajstić information content (AvgIpc) is 2.72. The molecule has 1 N–H and O–H groups in total. The summed E-state index contributed by atoms with van der Waals surface area (Å²) in [5.41, 5.74) is 0.175. The van der Waals surface area contributed by atoms with Gasteiger partial charge in [0.2, 0.25) is 0 Å². The van der Waals surface area contributed by atoms with E-state index in [-0.39, 0.29) is 11.5 Å². The van der Waals surface area contributed by atoms with Gasteiger partial charge in [-0.2, -0.15) is 0 Å². The summed E-state index contributed by atoms with van der Waals surface area (Å²) in [6.45, 7) is 1.89. The zero-order valence-electron chi connectivity index (χ0n) is 7.59. The third-order valence-corrected chi connectivity index (χ3v) is 4.16. The Morgan fingerprint density at radius 1 is 1.62 bits per heavy atom. The van der Waals surface area contributed by atoms with Crippen LogP contribution in [0.5, 0.6) is 0 Å². The van der Waals surface area contributed by atoms with Gasteiger partial charge in [-0.25, -0.2) is 0 Å². The van der Waals surface area contributed by atoms with Crippen molar-refractivity contribution in [2.24, 2.45) is 5.41 Å². The molecule has 0 saturated heterocycles. The van der Waals surface area contributed by atoms with E-state index in [2.05, 4.69) is 6.07 Å². The zero-order chi connectivity index (χ0) is 9.47. The van der Waals surface area contributed by atoms with E-state index in [1.807, 2.05) is 13.0 Å². The lowest BCUT2D eigenvalue weighted by atomic mass is 9.95. The molecule has 0 spiro atoms. The van der Waals surface area contributed by atoms with Crippen molar-refractivity contribution in [3.8, 4) is 0 Å². The summed E-state index contributed by atoms with van der Waals surface area (Å²) < 4.78 is 0.844. The highest BCUT2D eigenvalue weighted by atomic mass is 35.5. The van der Waals surface area contributed by atoms with E-state index in [4.69, 9.17) is 11.6 Å². The van der Waals surface area contributed by atoms with Gasteiger partial charge in [-0.05, 0) is 38.3 Å². The first-order chi connectivity index (χ1) is 6.12. The molecule has 2 rings (SSSR count). The van der Waals surface area contributed by atoms with Crippen molar-refractivity contribution in [2.75, 3.05) is 0 Å². The van der Waals surface area contributed by atoms with Crippen LogP contribution in [0, 0.1) is 5.41 Å². The molecule has 1 aromatic heterocycles. The van der Waals surface area contributed by atoms with E-state index in [1.54, 1.807) is 11.3 Å². The van der Waals surface area contributed by atoms with Crippen LogP contribution < -0.4 is 0 Å². The molecule has 3 heteroatoms. The number of rotatable bonds is 3. The highest BCUT2D eigenvalue weighted by Gasteiger charge is 2.46. The molecular weight excluding hydrogens is 204 g/mol. The van der Waals surface area contributed by atoms with E-state index < -0.39 is 0 Å². The predicted octanol–water partition coefficient (Wildman–Crippen LogP) is 3.11. The van der Waals surface area contributed by atoms with Crippen LogP contribution in [0.2, 0.25) is 4.34 Å². The van der Waals surface area contributed by atoms with E-state index >= 15 is 0 Å². The number of aliphatic hydroxyl groups excluding tert-OH is 1. The highest BCUT2D eigenvalue weighted by Crippen LogP contribution is 2.52. The van der Waals surface area contributed by atoms with Crippen molar-refractivity contribution >= 4 is 22.9 Å². The van der Waals surface area contributed by atoms with Crippen LogP contribution in [-0.2, 0) is 6.42 Å². The highest BCUT2D eigenvalue weighted by molar-refractivity contribution is 7.16. The van der Waals surface area contributed by atoms with Crippen molar-refractivity contribution in [2.45, 2.75) is 32.3 Å². The molecule has 1 fully saturated rings. The number of hydrogen-bond acceptors (Lipinski definition) is 2. The minimum absolute atomic E-state index is 0.175. The maximum Gasteiger partial charge on any atom is 0.0931 e. The first-order valence-corrected chi connectivity index (χ1v) is 5.74. The van der Waals surface area contributed by atoms with Gasteiger partial charge in [-0.3, -0.25) is 0 Å². The molecule has 1 atom stereocenters. The summed E-state index contributed by atoms with van der Waals surface area (Å²) in [6, 6.07) is 4.00. The van der Waals surface area contributed by atoms with Crippen LogP contribution in [0.15, 0.2) is 12.1 Å². The lowest BCUT2D eigenvalue weighted by molar-refractivity contribution is 0.111. The van der Waals surface area contributed by atoms with Crippen LogP contribution in [0.3, 0.4) is 0 Å². The predicted molar refractivity (Wildman–Crippen MR) is 56.4 cm³/mol. The summed E-state index contributed by atoms with van der Waals surface area (Å²) in [5.74, 6) is 0. The fraction of sp³-hybridized carbons (Fsp3) is 0.600. The number of hydrogen-bond donors (Lipinski definition) is 1. The third kappa shape index (κ3) is 1.90. The maximum absolute atomic E-state index is 9.58. The molecule has 72 valence electrons. The zero-order valence-corrected chi connectivity index (χ0v) is 9.16. The Morgan fingerprint density at radius 2 is 2.31 bits per heavy atom. The van der Waals surface area contributed by atoms with Crippen LogP contribution in [0.1, 0.15) is 24.6 Å². The second-order valence-electron chi connectivity index (χ2n) is 3.92. The number of thiophene rings is 1. The number of halogens is 1. The van der Waals surface area contributed by atoms with Gasteiger partial charge in [-0.1, -0.05) is 11.6 Å². The molecule has 13 heavy (non-hydrogen) atoms. The standard InChI is InChI=1S/C10H13ClOS/c1-7(12)10(4-5-10)6-8-2-3-9(11)13-8/h2-3,7,12H,4-6H2,1H3. The SMILES string of the molecule is CC(O)C1(Cc2ccc(Cl)s2)CC1. The van der Waals surface area contributed by atoms with Crippen molar-refractivity contribution in [1.82, 2.24) is 0 Å². The molecule has 1 aliphatic rings. The molecule has 0 bridgehead atoms. The van der Waals surface area contributed by atoms with Gasteiger partial charge in [0, 0.05) is 10.3 Å². The van der Waals surface area contributed by atoms with Crippen LogP contribution in [0.25, 0.3) is 0 Å². The lowest BCUT2D eigenvalue weighted by Crippen LogP contribution is -2.19. The molecule has 1 nitrogen and oxygen atoms in total. The van der Waals surface area contributed by atoms with E-state index in [1.165, 1.54) is 4.88 Å². The lowest BCUT2D eigenvalue weighted by Gasteiger charge is -2.16. The fourth-order valence-electron chi connectivity index (χ4n) is 1.70. The van der Waals surface area contributed by atoms with Crippen molar-refractivity contribution < 1.29 is 5.11 Å². The minimum Gasteiger partial charge on any atom is -0.393 e. The normalized spacial score (nSPS) is 21.5. The van der Waals surface area contributed by atoms with Crippen molar-refractivity contribution in [3.05, 3.63) is 21.3 Å². The molecule has 1 saturated carbocycles. The Morgan fingerprint density at radius 3 is 2.69 bits per heavy atom. The Kier molecular flexibility index (Phi) is 2.39. The largest absolute Gasteiger partial charge is 0.393 e. The van der Waals surface area contributed by atoms with Gasteiger partial charge < -0.3 is 5.11 Å². The Hall–Kier alpha value is -0.0500. The summed E-state index contributed by atoms with van der Waals surface area (Å²) >= 11 is 7.47. The summed E-state index contributed by atoms with van der Waals surface area (Å²) in [7, 11) is 0. The van der Waals surface area contributed by atoms with Crippen LogP contribution in [-0.4, -0.2) is 11.2 Å². The van der Waals surface area contributed by atoms with Gasteiger partial charge in [0.1, 0.15) is 0 Å². The Bertz CT molecular complexity index is 302. The molecule has 0 aromatic carbocycles. The molecule has 0 radical (unpaired) electrons. The van der Waals surface area contributed by atoms with Gasteiger partial charge in [-0.15, -0.1) is 11.3 Å². The van der Waals surface area contributed by atoms with E-state index in [0.717, 1.165) is 23.6 Å². The van der Waals surface area contributed by atoms with Gasteiger partial charge in [0.25, 0.3) is 0 Å². The molecule has 1 heterocycles. The van der Waals surface area contributed by atoms with Crippen molar-refractivity contribution in [1.29, 1.82) is 0 Å². The van der Waals surface area contributed by atoms with Gasteiger partial charge in [0.05, 0.1) is 10.4 Å². The Balaban J connectivity index is 2.06. The molecule has 0 aliphatic heterocycles. The first-order valence-electron chi connectivity index (χ1n) is 4.55. The topological polar surface area (TPSA) is 20.2 Å². The number of aliphatic hydroxyl groups is 1. The van der Waals surface area contributed by atoms with Crippen LogP contribution >= 0.6 is 22.9 Å². The van der Waals surface area contributed by atoms with Gasteiger partial charge >= 0.3 is 0 Å². The summed E-state index contributed by atoms with van der Waals surface area (Å²) in [6.07, 6.45) is 3.11. The minimum atomic E-state index is -0.187. The van der Waals surface area contributed by atoms with Gasteiger partial charge in [0.15, 0.2) is 0 Å². The molecule has 1 aromatic rings. The summed E-state index contributed by atoms with van der Waals surface area (Å²) in [5, 5.41) is 9.58. The van der Waals surface area contributed by atoms with Crippen molar-refractivity contribution in [3.63, 3.8) is 0 Å². The van der Waals surface area contributed by atoms with E-state index in [0.29, 0.717) is 0 Å². The molecular formula is C10H13ClOS. The fourth-order valence-corrected chi connectivity index (χ4v) is 2.94. The first kappa shape index (κ1) is 9.50. The Labute approximate surface area is 87.4 Å². The molecule has 1 aliphatic carbocycles. The smallest absolute Gasteiger partial charge is 0.0931 e. The molecule has 0 amide bonds. The monoisotopic (exact) mass is 216 g/mol. The summed E-state index contributed by atoms with van der Waals surface area (Å²) in [4.78, 5) is 1.29.